The molecule has 0 bridgehead atoms. The first-order valence-corrected chi connectivity index (χ1v) is 8.63. The Morgan fingerprint density at radius 3 is 2.56 bits per heavy atom. The largest absolute Gasteiger partial charge is 0.379 e. The number of carbonyl (C=O) groups excluding carboxylic acids is 1. The molecule has 2 aromatic carbocycles. The van der Waals surface area contributed by atoms with Gasteiger partial charge in [-0.05, 0) is 23.8 Å². The second-order valence-electron chi connectivity index (χ2n) is 5.88. The molecule has 4 nitrogen and oxygen atoms in total. The average Bonchev–Trinajstić information content (AvgIpc) is 2.64. The summed E-state index contributed by atoms with van der Waals surface area (Å²) in [5.41, 5.74) is 0.988. The minimum Gasteiger partial charge on any atom is -0.379 e. The zero-order valence-electron chi connectivity index (χ0n) is 13.8. The van der Waals surface area contributed by atoms with E-state index < -0.39 is 11.7 Å². The summed E-state index contributed by atoms with van der Waals surface area (Å²) in [6.07, 6.45) is 0. The van der Waals surface area contributed by atoms with Gasteiger partial charge in [-0.3, -0.25) is 9.69 Å². The quantitative estimate of drug-likeness (QED) is 0.887. The van der Waals surface area contributed by atoms with Gasteiger partial charge in [0.2, 0.25) is 0 Å². The molecule has 2 aromatic rings. The smallest absolute Gasteiger partial charge is 0.254 e. The Morgan fingerprint density at radius 2 is 1.84 bits per heavy atom. The Labute approximate surface area is 151 Å². The molecular formula is C19H20ClFN2O2. The van der Waals surface area contributed by atoms with Gasteiger partial charge in [-0.2, -0.15) is 0 Å². The van der Waals surface area contributed by atoms with E-state index in [2.05, 4.69) is 10.2 Å². The van der Waals surface area contributed by atoms with Crippen molar-refractivity contribution in [2.24, 2.45) is 0 Å². The Morgan fingerprint density at radius 1 is 1.16 bits per heavy atom. The van der Waals surface area contributed by atoms with Crippen molar-refractivity contribution in [2.45, 2.75) is 6.04 Å². The minimum atomic E-state index is -0.527. The lowest BCUT2D eigenvalue weighted by Crippen LogP contribution is -2.44. The van der Waals surface area contributed by atoms with Crippen molar-refractivity contribution in [2.75, 3.05) is 32.8 Å². The van der Waals surface area contributed by atoms with Gasteiger partial charge in [-0.25, -0.2) is 4.39 Å². The number of amides is 1. The third-order valence-electron chi connectivity index (χ3n) is 4.33. The van der Waals surface area contributed by atoms with Crippen LogP contribution in [0, 0.1) is 5.82 Å². The summed E-state index contributed by atoms with van der Waals surface area (Å²) in [6.45, 7) is 3.14. The highest BCUT2D eigenvalue weighted by Crippen LogP contribution is 2.27. The van der Waals surface area contributed by atoms with Gasteiger partial charge in [-0.15, -0.1) is 0 Å². The summed E-state index contributed by atoms with van der Waals surface area (Å²) in [7, 11) is 0. The fourth-order valence-corrected chi connectivity index (χ4v) is 3.26. The van der Waals surface area contributed by atoms with Gasteiger partial charge in [0.25, 0.3) is 5.91 Å². The third-order valence-corrected chi connectivity index (χ3v) is 4.67. The zero-order chi connectivity index (χ0) is 17.6. The molecule has 0 radical (unpaired) electrons. The Balaban J connectivity index is 1.77. The predicted octanol–water partition coefficient (Wildman–Crippen LogP) is 3.28. The van der Waals surface area contributed by atoms with Gasteiger partial charge < -0.3 is 10.1 Å². The molecule has 1 amide bonds. The molecule has 0 saturated carbocycles. The van der Waals surface area contributed by atoms with Crippen molar-refractivity contribution in [1.29, 1.82) is 0 Å². The number of benzene rings is 2. The molecule has 0 aliphatic carbocycles. The number of hydrogen-bond donors (Lipinski definition) is 1. The first-order valence-electron chi connectivity index (χ1n) is 8.26. The van der Waals surface area contributed by atoms with E-state index in [1.165, 1.54) is 12.1 Å². The number of ether oxygens (including phenoxy) is 1. The van der Waals surface area contributed by atoms with Crippen LogP contribution in [-0.2, 0) is 4.74 Å². The number of rotatable bonds is 5. The molecular weight excluding hydrogens is 343 g/mol. The van der Waals surface area contributed by atoms with Crippen molar-refractivity contribution in [3.63, 3.8) is 0 Å². The minimum absolute atomic E-state index is 0.0439. The molecule has 1 aliphatic rings. The molecule has 3 rings (SSSR count). The van der Waals surface area contributed by atoms with Crippen molar-refractivity contribution >= 4 is 17.5 Å². The summed E-state index contributed by atoms with van der Waals surface area (Å²) in [6, 6.07) is 13.5. The zero-order valence-corrected chi connectivity index (χ0v) is 14.5. The Kier molecular flexibility index (Phi) is 6.02. The summed E-state index contributed by atoms with van der Waals surface area (Å²) >= 11 is 6.37. The van der Waals surface area contributed by atoms with Crippen LogP contribution >= 0.6 is 11.6 Å². The van der Waals surface area contributed by atoms with Crippen molar-refractivity contribution in [3.05, 3.63) is 70.5 Å². The van der Waals surface area contributed by atoms with Gasteiger partial charge in [0.15, 0.2) is 0 Å². The number of hydrogen-bond acceptors (Lipinski definition) is 3. The number of morpholine rings is 1. The van der Waals surface area contributed by atoms with E-state index in [-0.39, 0.29) is 11.6 Å². The van der Waals surface area contributed by atoms with Crippen LogP contribution in [0.25, 0.3) is 0 Å². The van der Waals surface area contributed by atoms with E-state index >= 15 is 0 Å². The molecule has 0 spiro atoms. The second kappa shape index (κ2) is 8.43. The first-order chi connectivity index (χ1) is 12.2. The summed E-state index contributed by atoms with van der Waals surface area (Å²) < 4.78 is 19.2. The molecule has 1 fully saturated rings. The van der Waals surface area contributed by atoms with Gasteiger partial charge in [0.05, 0.1) is 24.8 Å². The van der Waals surface area contributed by atoms with E-state index in [1.807, 2.05) is 24.3 Å². The molecule has 1 atom stereocenters. The van der Waals surface area contributed by atoms with Crippen LogP contribution in [0.3, 0.4) is 0 Å². The van der Waals surface area contributed by atoms with Crippen LogP contribution in [0.5, 0.6) is 0 Å². The number of halogens is 2. The van der Waals surface area contributed by atoms with E-state index in [0.717, 1.165) is 18.7 Å². The second-order valence-corrected chi connectivity index (χ2v) is 6.28. The predicted molar refractivity (Wildman–Crippen MR) is 95.3 cm³/mol. The van der Waals surface area contributed by atoms with Crippen LogP contribution in [0.15, 0.2) is 48.5 Å². The number of nitrogens with one attached hydrogen (secondary N) is 1. The third kappa shape index (κ3) is 4.37. The van der Waals surface area contributed by atoms with Gasteiger partial charge in [0, 0.05) is 24.7 Å². The fraction of sp³-hybridized carbons (Fsp3) is 0.316. The van der Waals surface area contributed by atoms with Crippen LogP contribution in [0.1, 0.15) is 22.0 Å². The lowest BCUT2D eigenvalue weighted by molar-refractivity contribution is 0.0162. The van der Waals surface area contributed by atoms with Gasteiger partial charge >= 0.3 is 0 Å². The number of nitrogens with zero attached hydrogens (tertiary/aromatic N) is 1. The highest BCUT2D eigenvalue weighted by atomic mass is 35.5. The summed E-state index contributed by atoms with van der Waals surface area (Å²) in [4.78, 5) is 14.6. The summed E-state index contributed by atoms with van der Waals surface area (Å²) in [5.74, 6) is -0.955. The van der Waals surface area contributed by atoms with Crippen LogP contribution < -0.4 is 5.32 Å². The van der Waals surface area contributed by atoms with Crippen molar-refractivity contribution in [3.8, 4) is 0 Å². The highest BCUT2D eigenvalue weighted by Gasteiger charge is 2.25. The molecule has 1 N–H and O–H groups in total. The SMILES string of the molecule is O=C(NC[C@@H](c1ccccc1Cl)N1CCOCC1)c1ccccc1F. The number of carbonyl (C=O) groups is 1. The van der Waals surface area contributed by atoms with Gasteiger partial charge in [0.1, 0.15) is 5.82 Å². The van der Waals surface area contributed by atoms with Crippen molar-refractivity contribution < 1.29 is 13.9 Å². The van der Waals surface area contributed by atoms with Crippen LogP contribution in [0.2, 0.25) is 5.02 Å². The van der Waals surface area contributed by atoms with Gasteiger partial charge in [-0.1, -0.05) is 41.9 Å². The van der Waals surface area contributed by atoms with Crippen LogP contribution in [0.4, 0.5) is 4.39 Å². The van der Waals surface area contributed by atoms with E-state index in [9.17, 15) is 9.18 Å². The summed E-state index contributed by atoms with van der Waals surface area (Å²) in [5, 5.41) is 3.49. The molecule has 25 heavy (non-hydrogen) atoms. The molecule has 1 heterocycles. The molecule has 0 aromatic heterocycles. The van der Waals surface area contributed by atoms with E-state index in [0.29, 0.717) is 24.8 Å². The molecule has 1 saturated heterocycles. The average molecular weight is 363 g/mol. The van der Waals surface area contributed by atoms with Crippen molar-refractivity contribution in [1.82, 2.24) is 10.2 Å². The standard InChI is InChI=1S/C19H20ClFN2O2/c20-16-7-3-1-5-14(16)18(23-9-11-25-12-10-23)13-22-19(24)15-6-2-4-8-17(15)21/h1-8,18H,9-13H2,(H,22,24)/t18-/m0/s1. The molecule has 132 valence electrons. The Hall–Kier alpha value is -1.95. The molecule has 6 heteroatoms. The maximum atomic E-state index is 13.8. The lowest BCUT2D eigenvalue weighted by atomic mass is 10.0. The fourth-order valence-electron chi connectivity index (χ4n) is 3.00. The normalized spacial score (nSPS) is 16.4. The molecule has 0 unspecified atom stereocenters. The maximum Gasteiger partial charge on any atom is 0.254 e. The monoisotopic (exact) mass is 362 g/mol. The highest BCUT2D eigenvalue weighted by molar-refractivity contribution is 6.31. The van der Waals surface area contributed by atoms with Crippen LogP contribution in [-0.4, -0.2) is 43.7 Å². The topological polar surface area (TPSA) is 41.6 Å². The Bertz CT molecular complexity index is 735. The first kappa shape index (κ1) is 17.9. The van der Waals surface area contributed by atoms with E-state index in [1.54, 1.807) is 12.1 Å². The maximum absolute atomic E-state index is 13.8. The van der Waals surface area contributed by atoms with E-state index in [4.69, 9.17) is 16.3 Å². The molecule has 1 aliphatic heterocycles. The lowest BCUT2D eigenvalue weighted by Gasteiger charge is -2.35.